The van der Waals surface area contributed by atoms with Crippen molar-refractivity contribution in [2.45, 2.75) is 19.9 Å². The number of Topliss-reactive ketones (excluding diaryl/α,β-unsaturated/α-hetero) is 1. The van der Waals surface area contributed by atoms with Gasteiger partial charge in [0.25, 0.3) is 11.7 Å². The van der Waals surface area contributed by atoms with Gasteiger partial charge in [-0.15, -0.1) is 0 Å². The molecule has 0 saturated carbocycles. The Bertz CT molecular complexity index is 1080. The van der Waals surface area contributed by atoms with Crippen LogP contribution in [0.3, 0.4) is 0 Å². The number of aliphatic hydroxyl groups excluding tert-OH is 1. The van der Waals surface area contributed by atoms with Gasteiger partial charge in [-0.2, -0.15) is 0 Å². The van der Waals surface area contributed by atoms with Crippen molar-refractivity contribution in [1.29, 1.82) is 0 Å². The summed E-state index contributed by atoms with van der Waals surface area (Å²) < 4.78 is 16.7. The van der Waals surface area contributed by atoms with Crippen LogP contribution in [0.15, 0.2) is 48.0 Å². The zero-order valence-corrected chi connectivity index (χ0v) is 20.3. The number of hydrogen-bond donors (Lipinski definition) is 1. The molecule has 0 aromatic heterocycles. The number of hydrogen-bond acceptors (Lipinski definition) is 7. The fraction of sp³-hybridized carbons (Fsp3) is 0.385. The van der Waals surface area contributed by atoms with Crippen molar-refractivity contribution in [3.05, 3.63) is 59.2 Å². The van der Waals surface area contributed by atoms with Crippen molar-refractivity contribution >= 4 is 17.4 Å². The molecule has 2 aromatic carbocycles. The molecule has 3 rings (SSSR count). The number of nitrogens with zero attached hydrogens (tertiary/aromatic N) is 2. The van der Waals surface area contributed by atoms with Crippen LogP contribution in [0.2, 0.25) is 0 Å². The third kappa shape index (κ3) is 5.17. The van der Waals surface area contributed by atoms with Gasteiger partial charge >= 0.3 is 0 Å². The van der Waals surface area contributed by atoms with Gasteiger partial charge in [0.05, 0.1) is 31.9 Å². The largest absolute Gasteiger partial charge is 0.507 e. The molecule has 0 radical (unpaired) electrons. The molecule has 1 atom stereocenters. The number of likely N-dealkylation sites (N-methyl/N-ethyl adjacent to an activating group) is 1. The Labute approximate surface area is 200 Å². The van der Waals surface area contributed by atoms with E-state index in [0.717, 1.165) is 0 Å². The third-order valence-corrected chi connectivity index (χ3v) is 5.55. The van der Waals surface area contributed by atoms with Crippen LogP contribution in [-0.2, 0) is 9.59 Å². The predicted molar refractivity (Wildman–Crippen MR) is 129 cm³/mol. The highest BCUT2D eigenvalue weighted by atomic mass is 16.5. The second-order valence-corrected chi connectivity index (χ2v) is 8.10. The Hall–Kier alpha value is -3.52. The quantitative estimate of drug-likeness (QED) is 0.324. The molecule has 1 unspecified atom stereocenters. The van der Waals surface area contributed by atoms with E-state index in [9.17, 15) is 14.7 Å². The molecule has 1 N–H and O–H groups in total. The topological polar surface area (TPSA) is 88.5 Å². The van der Waals surface area contributed by atoms with Crippen LogP contribution in [0.25, 0.3) is 5.76 Å². The first-order valence-electron chi connectivity index (χ1n) is 11.3. The van der Waals surface area contributed by atoms with Gasteiger partial charge in [-0.25, -0.2) is 0 Å². The Morgan fingerprint density at radius 2 is 1.74 bits per heavy atom. The van der Waals surface area contributed by atoms with E-state index in [4.69, 9.17) is 14.2 Å². The lowest BCUT2D eigenvalue weighted by Crippen LogP contribution is -2.35. The number of carbonyl (C=O) groups is 2. The zero-order chi connectivity index (χ0) is 24.8. The monoisotopic (exact) mass is 468 g/mol. The summed E-state index contributed by atoms with van der Waals surface area (Å²) in [5.41, 5.74) is 1.07. The number of benzene rings is 2. The highest BCUT2D eigenvalue weighted by Gasteiger charge is 2.46. The summed E-state index contributed by atoms with van der Waals surface area (Å²) >= 11 is 0. The minimum Gasteiger partial charge on any atom is -0.507 e. The molecule has 8 nitrogen and oxygen atoms in total. The minimum absolute atomic E-state index is 0.0311. The molecule has 8 heteroatoms. The molecule has 1 saturated heterocycles. The van der Waals surface area contributed by atoms with E-state index in [1.165, 1.54) is 12.0 Å². The van der Waals surface area contributed by atoms with E-state index in [0.29, 0.717) is 54.7 Å². The van der Waals surface area contributed by atoms with E-state index in [1.807, 2.05) is 32.8 Å². The van der Waals surface area contributed by atoms with E-state index in [-0.39, 0.29) is 11.3 Å². The number of amides is 1. The van der Waals surface area contributed by atoms with Gasteiger partial charge in [-0.1, -0.05) is 18.2 Å². The molecule has 34 heavy (non-hydrogen) atoms. The lowest BCUT2D eigenvalue weighted by molar-refractivity contribution is -0.140. The van der Waals surface area contributed by atoms with Crippen molar-refractivity contribution in [2.75, 3.05) is 47.5 Å². The number of methoxy groups -OCH3 is 1. The SMILES string of the molecule is CCOc1ccc(C2/C(=C(\O)c3cccc(OC)c3)C(=O)C(=O)N2CCN(C)C)cc1OCC. The lowest BCUT2D eigenvalue weighted by Gasteiger charge is -2.27. The van der Waals surface area contributed by atoms with E-state index < -0.39 is 17.7 Å². The van der Waals surface area contributed by atoms with Crippen LogP contribution in [0, 0.1) is 0 Å². The Kier molecular flexibility index (Phi) is 8.17. The highest BCUT2D eigenvalue weighted by Crippen LogP contribution is 2.42. The number of aliphatic hydroxyl groups is 1. The highest BCUT2D eigenvalue weighted by molar-refractivity contribution is 6.46. The Morgan fingerprint density at radius 3 is 2.38 bits per heavy atom. The first-order chi connectivity index (χ1) is 16.3. The molecule has 0 bridgehead atoms. The summed E-state index contributed by atoms with van der Waals surface area (Å²) in [6, 6.07) is 11.3. The second-order valence-electron chi connectivity index (χ2n) is 8.10. The van der Waals surface area contributed by atoms with Gasteiger partial charge in [-0.3, -0.25) is 9.59 Å². The normalized spacial score (nSPS) is 17.4. The van der Waals surface area contributed by atoms with Crippen molar-refractivity contribution < 1.29 is 28.9 Å². The fourth-order valence-electron chi connectivity index (χ4n) is 3.93. The maximum Gasteiger partial charge on any atom is 0.295 e. The molecule has 2 aromatic rings. The zero-order valence-electron chi connectivity index (χ0n) is 20.3. The van der Waals surface area contributed by atoms with E-state index >= 15 is 0 Å². The molecular weight excluding hydrogens is 436 g/mol. The fourth-order valence-corrected chi connectivity index (χ4v) is 3.93. The molecule has 1 aliphatic heterocycles. The number of ether oxygens (including phenoxy) is 3. The van der Waals surface area contributed by atoms with Gasteiger partial charge in [0.2, 0.25) is 0 Å². The first kappa shape index (κ1) is 25.1. The van der Waals surface area contributed by atoms with Crippen molar-refractivity contribution in [3.63, 3.8) is 0 Å². The average Bonchev–Trinajstić information content (AvgIpc) is 3.08. The van der Waals surface area contributed by atoms with Crippen LogP contribution < -0.4 is 14.2 Å². The maximum atomic E-state index is 13.2. The molecule has 1 fully saturated rings. The summed E-state index contributed by atoms with van der Waals surface area (Å²) in [4.78, 5) is 29.7. The first-order valence-corrected chi connectivity index (χ1v) is 11.3. The van der Waals surface area contributed by atoms with Crippen LogP contribution in [-0.4, -0.2) is 74.1 Å². The van der Waals surface area contributed by atoms with Crippen molar-refractivity contribution in [3.8, 4) is 17.2 Å². The van der Waals surface area contributed by atoms with E-state index in [1.54, 1.807) is 42.5 Å². The van der Waals surface area contributed by atoms with Crippen LogP contribution in [0.5, 0.6) is 17.2 Å². The van der Waals surface area contributed by atoms with Crippen LogP contribution in [0.1, 0.15) is 31.0 Å². The third-order valence-electron chi connectivity index (χ3n) is 5.55. The van der Waals surface area contributed by atoms with Gasteiger partial charge in [0, 0.05) is 18.7 Å². The van der Waals surface area contributed by atoms with Gasteiger partial charge in [0.15, 0.2) is 11.5 Å². The van der Waals surface area contributed by atoms with Crippen LogP contribution in [0.4, 0.5) is 0 Å². The van der Waals surface area contributed by atoms with Gasteiger partial charge < -0.3 is 29.1 Å². The molecule has 182 valence electrons. The molecular formula is C26H32N2O6. The second kappa shape index (κ2) is 11.1. The maximum absolute atomic E-state index is 13.2. The van der Waals surface area contributed by atoms with Gasteiger partial charge in [0.1, 0.15) is 11.5 Å². The molecule has 1 heterocycles. The summed E-state index contributed by atoms with van der Waals surface area (Å²) in [6.07, 6.45) is 0. The number of ketones is 1. The Balaban J connectivity index is 2.18. The van der Waals surface area contributed by atoms with Gasteiger partial charge in [-0.05, 0) is 57.8 Å². The van der Waals surface area contributed by atoms with E-state index in [2.05, 4.69) is 0 Å². The van der Waals surface area contributed by atoms with Crippen LogP contribution >= 0.6 is 0 Å². The summed E-state index contributed by atoms with van der Waals surface area (Å²) in [7, 11) is 5.31. The summed E-state index contributed by atoms with van der Waals surface area (Å²) in [5, 5.41) is 11.2. The summed E-state index contributed by atoms with van der Waals surface area (Å²) in [6.45, 7) is 5.51. The molecule has 1 amide bonds. The number of likely N-dealkylation sites (tertiary alicyclic amines) is 1. The molecule has 0 aliphatic carbocycles. The smallest absolute Gasteiger partial charge is 0.295 e. The van der Waals surface area contributed by atoms with Crippen molar-refractivity contribution in [1.82, 2.24) is 9.80 Å². The molecule has 1 aliphatic rings. The average molecular weight is 469 g/mol. The van der Waals surface area contributed by atoms with Crippen molar-refractivity contribution in [2.24, 2.45) is 0 Å². The number of rotatable bonds is 10. The molecule has 0 spiro atoms. The number of carbonyl (C=O) groups excluding carboxylic acids is 2. The standard InChI is InChI=1S/C26H32N2O6/c1-6-33-20-12-11-17(16-21(20)34-7-2)23-22(24(29)18-9-8-10-19(15-18)32-5)25(30)26(31)28(23)14-13-27(3)4/h8-12,15-16,23,29H,6-7,13-14H2,1-5H3/b24-22+. The lowest BCUT2D eigenvalue weighted by atomic mass is 9.95. The Morgan fingerprint density at radius 1 is 1.03 bits per heavy atom. The minimum atomic E-state index is -0.777. The summed E-state index contributed by atoms with van der Waals surface area (Å²) in [5.74, 6) is -0.00443. The predicted octanol–water partition coefficient (Wildman–Crippen LogP) is 3.48.